The number of hydrogen-bond donors (Lipinski definition) is 2. The molecule has 1 atom stereocenters. The van der Waals surface area contributed by atoms with Crippen molar-refractivity contribution in [2.75, 3.05) is 12.8 Å². The van der Waals surface area contributed by atoms with Gasteiger partial charge in [-0.3, -0.25) is 4.90 Å². The Morgan fingerprint density at radius 3 is 2.53 bits per heavy atom. The summed E-state index contributed by atoms with van der Waals surface area (Å²) < 4.78 is 5.07. The van der Waals surface area contributed by atoms with Gasteiger partial charge in [-0.1, -0.05) is 30.3 Å². The average Bonchev–Trinajstić information content (AvgIpc) is 2.42. The van der Waals surface area contributed by atoms with Crippen molar-refractivity contribution >= 4 is 24.7 Å². The highest BCUT2D eigenvalue weighted by molar-refractivity contribution is 7.80. The summed E-state index contributed by atoms with van der Waals surface area (Å²) in [4.78, 5) is 23.9. The molecule has 1 amide bonds. The Morgan fingerprint density at radius 2 is 2.00 bits per heavy atom. The molecule has 104 valence electrons. The first-order valence-electron chi connectivity index (χ1n) is 5.83. The minimum absolute atomic E-state index is 0.122. The van der Waals surface area contributed by atoms with Gasteiger partial charge >= 0.3 is 12.1 Å². The molecule has 0 unspecified atom stereocenters. The maximum atomic E-state index is 11.8. The molecule has 19 heavy (non-hydrogen) atoms. The number of amides is 1. The second-order valence-electron chi connectivity index (χ2n) is 4.02. The predicted molar refractivity (Wildman–Crippen MR) is 74.3 cm³/mol. The standard InChI is InChI=1S/C13H17NO4S/c1-14(11(7-8-19)12(15)16)13(17)18-9-10-5-3-2-4-6-10/h2-6,11,19H,7-9H2,1H3,(H,15,16)/t11-/m0/s1. The van der Waals surface area contributed by atoms with E-state index in [2.05, 4.69) is 12.6 Å². The first-order chi connectivity index (χ1) is 9.06. The van der Waals surface area contributed by atoms with Gasteiger partial charge < -0.3 is 9.84 Å². The van der Waals surface area contributed by atoms with E-state index < -0.39 is 18.1 Å². The lowest BCUT2D eigenvalue weighted by Crippen LogP contribution is -2.42. The first kappa shape index (κ1) is 15.4. The van der Waals surface area contributed by atoms with Gasteiger partial charge in [-0.2, -0.15) is 12.6 Å². The second kappa shape index (κ2) is 7.68. The highest BCUT2D eigenvalue weighted by atomic mass is 32.1. The minimum Gasteiger partial charge on any atom is -0.480 e. The Labute approximate surface area is 117 Å². The maximum absolute atomic E-state index is 11.8. The van der Waals surface area contributed by atoms with Gasteiger partial charge in [0, 0.05) is 7.05 Å². The zero-order valence-corrected chi connectivity index (χ0v) is 11.5. The summed E-state index contributed by atoms with van der Waals surface area (Å²) >= 11 is 3.98. The smallest absolute Gasteiger partial charge is 0.410 e. The Bertz CT molecular complexity index is 424. The van der Waals surface area contributed by atoms with Crippen LogP contribution < -0.4 is 0 Å². The lowest BCUT2D eigenvalue weighted by molar-refractivity contribution is -0.142. The second-order valence-corrected chi connectivity index (χ2v) is 4.46. The van der Waals surface area contributed by atoms with Gasteiger partial charge in [0.15, 0.2) is 0 Å². The number of carbonyl (C=O) groups excluding carboxylic acids is 1. The van der Waals surface area contributed by atoms with Crippen LogP contribution in [0.2, 0.25) is 0 Å². The number of carboxylic acid groups (broad SMARTS) is 1. The molecule has 0 saturated heterocycles. The fraction of sp³-hybridized carbons (Fsp3) is 0.385. The molecule has 0 saturated carbocycles. The zero-order valence-electron chi connectivity index (χ0n) is 10.7. The Morgan fingerprint density at radius 1 is 1.37 bits per heavy atom. The number of ether oxygens (including phenoxy) is 1. The van der Waals surface area contributed by atoms with Crippen LogP contribution in [-0.4, -0.2) is 40.9 Å². The molecule has 1 rings (SSSR count). The third-order valence-corrected chi connectivity index (χ3v) is 2.91. The SMILES string of the molecule is CN(C(=O)OCc1ccccc1)[C@@H](CCS)C(=O)O. The molecule has 0 bridgehead atoms. The number of hydrogen-bond acceptors (Lipinski definition) is 4. The van der Waals surface area contributed by atoms with Gasteiger partial charge in [-0.25, -0.2) is 9.59 Å². The van der Waals surface area contributed by atoms with Crippen molar-refractivity contribution in [1.29, 1.82) is 0 Å². The van der Waals surface area contributed by atoms with Gasteiger partial charge in [-0.05, 0) is 17.7 Å². The first-order valence-corrected chi connectivity index (χ1v) is 6.46. The third kappa shape index (κ3) is 4.82. The highest BCUT2D eigenvalue weighted by Gasteiger charge is 2.26. The Hall–Kier alpha value is -1.69. The van der Waals surface area contributed by atoms with Crippen molar-refractivity contribution < 1.29 is 19.4 Å². The summed E-state index contributed by atoms with van der Waals surface area (Å²) in [6, 6.07) is 8.29. The van der Waals surface area contributed by atoms with Crippen molar-refractivity contribution in [3.63, 3.8) is 0 Å². The molecule has 1 aromatic rings. The number of carboxylic acids is 1. The molecule has 0 radical (unpaired) electrons. The van der Waals surface area contributed by atoms with Crippen molar-refractivity contribution in [1.82, 2.24) is 4.90 Å². The fourth-order valence-corrected chi connectivity index (χ4v) is 1.80. The van der Waals surface area contributed by atoms with E-state index >= 15 is 0 Å². The molecule has 0 spiro atoms. The van der Waals surface area contributed by atoms with Gasteiger partial charge in [0.05, 0.1) is 0 Å². The summed E-state index contributed by atoms with van der Waals surface area (Å²) in [6.45, 7) is 0.122. The van der Waals surface area contributed by atoms with Gasteiger partial charge in [0.25, 0.3) is 0 Å². The van der Waals surface area contributed by atoms with Crippen LogP contribution >= 0.6 is 12.6 Å². The zero-order chi connectivity index (χ0) is 14.3. The molecule has 0 fully saturated rings. The number of thiol groups is 1. The summed E-state index contributed by atoms with van der Waals surface area (Å²) in [7, 11) is 1.41. The van der Waals surface area contributed by atoms with Crippen LogP contribution in [0, 0.1) is 0 Å². The van der Waals surface area contributed by atoms with Crippen LogP contribution in [0.4, 0.5) is 4.79 Å². The number of benzene rings is 1. The Balaban J connectivity index is 2.54. The summed E-state index contributed by atoms with van der Waals surface area (Å²) in [5, 5.41) is 9.03. The molecule has 0 aliphatic rings. The number of carbonyl (C=O) groups is 2. The van der Waals surface area contributed by atoms with E-state index in [1.54, 1.807) is 0 Å². The topological polar surface area (TPSA) is 66.8 Å². The monoisotopic (exact) mass is 283 g/mol. The summed E-state index contributed by atoms with van der Waals surface area (Å²) in [5.74, 6) is -0.680. The molecule has 0 heterocycles. The van der Waals surface area contributed by atoms with Crippen LogP contribution in [0.25, 0.3) is 0 Å². The molecule has 6 heteroatoms. The average molecular weight is 283 g/mol. The summed E-state index contributed by atoms with van der Waals surface area (Å²) in [5.41, 5.74) is 0.852. The molecule has 5 nitrogen and oxygen atoms in total. The van der Waals surface area contributed by atoms with Crippen LogP contribution in [0.1, 0.15) is 12.0 Å². The minimum atomic E-state index is -1.06. The van der Waals surface area contributed by atoms with E-state index in [0.29, 0.717) is 5.75 Å². The lowest BCUT2D eigenvalue weighted by Gasteiger charge is -2.23. The third-order valence-electron chi connectivity index (χ3n) is 2.65. The molecule has 0 aromatic heterocycles. The van der Waals surface area contributed by atoms with E-state index in [-0.39, 0.29) is 13.0 Å². The van der Waals surface area contributed by atoms with Gasteiger partial charge in [0.2, 0.25) is 0 Å². The molecular weight excluding hydrogens is 266 g/mol. The van der Waals surface area contributed by atoms with Gasteiger partial charge in [0.1, 0.15) is 12.6 Å². The maximum Gasteiger partial charge on any atom is 0.410 e. The Kier molecular flexibility index (Phi) is 6.21. The van der Waals surface area contributed by atoms with Crippen molar-refractivity contribution in [2.45, 2.75) is 19.1 Å². The normalized spacial score (nSPS) is 11.7. The van der Waals surface area contributed by atoms with Crippen molar-refractivity contribution in [3.8, 4) is 0 Å². The highest BCUT2D eigenvalue weighted by Crippen LogP contribution is 2.08. The number of likely N-dealkylation sites (N-methyl/N-ethyl adjacent to an activating group) is 1. The number of aliphatic carboxylic acids is 1. The van der Waals surface area contributed by atoms with E-state index in [1.807, 2.05) is 30.3 Å². The van der Waals surface area contributed by atoms with Gasteiger partial charge in [-0.15, -0.1) is 0 Å². The van der Waals surface area contributed by atoms with E-state index in [9.17, 15) is 9.59 Å². The molecule has 0 aliphatic heterocycles. The van der Waals surface area contributed by atoms with Crippen LogP contribution in [0.15, 0.2) is 30.3 Å². The molecule has 1 N–H and O–H groups in total. The van der Waals surface area contributed by atoms with Crippen LogP contribution in [-0.2, 0) is 16.1 Å². The molecule has 0 aliphatic carbocycles. The summed E-state index contributed by atoms with van der Waals surface area (Å²) in [6.07, 6.45) is -0.381. The fourth-order valence-electron chi connectivity index (χ4n) is 1.55. The van der Waals surface area contributed by atoms with E-state index in [4.69, 9.17) is 9.84 Å². The van der Waals surface area contributed by atoms with Crippen molar-refractivity contribution in [2.24, 2.45) is 0 Å². The quantitative estimate of drug-likeness (QED) is 0.784. The van der Waals surface area contributed by atoms with E-state index in [1.165, 1.54) is 7.05 Å². The van der Waals surface area contributed by atoms with E-state index in [0.717, 1.165) is 10.5 Å². The largest absolute Gasteiger partial charge is 0.480 e. The molecule has 1 aromatic carbocycles. The van der Waals surface area contributed by atoms with Crippen molar-refractivity contribution in [3.05, 3.63) is 35.9 Å². The number of nitrogens with zero attached hydrogens (tertiary/aromatic N) is 1. The lowest BCUT2D eigenvalue weighted by atomic mass is 10.2. The predicted octanol–water partition coefficient (Wildman–Crippen LogP) is 2.03. The van der Waals surface area contributed by atoms with Crippen LogP contribution in [0.3, 0.4) is 0 Å². The number of rotatable bonds is 6. The van der Waals surface area contributed by atoms with Crippen LogP contribution in [0.5, 0.6) is 0 Å². The molecular formula is C13H17NO4S.